The summed E-state index contributed by atoms with van der Waals surface area (Å²) >= 11 is 9.29. The van der Waals surface area contributed by atoms with E-state index in [1.165, 1.54) is 6.26 Å². The Morgan fingerprint density at radius 1 is 1.41 bits per heavy atom. The predicted molar refractivity (Wildman–Crippen MR) is 91.8 cm³/mol. The van der Waals surface area contributed by atoms with Gasteiger partial charge >= 0.3 is 0 Å². The van der Waals surface area contributed by atoms with E-state index in [0.29, 0.717) is 28.3 Å². The number of piperazine rings is 1. The summed E-state index contributed by atoms with van der Waals surface area (Å²) in [6.07, 6.45) is 1.48. The minimum absolute atomic E-state index is 0. The maximum Gasteiger partial charge on any atom is 0.257 e. The van der Waals surface area contributed by atoms with E-state index in [9.17, 15) is 4.79 Å². The van der Waals surface area contributed by atoms with Gasteiger partial charge in [0.05, 0.1) is 11.6 Å². The van der Waals surface area contributed by atoms with Gasteiger partial charge in [-0.15, -0.1) is 12.4 Å². The molecule has 22 heavy (non-hydrogen) atoms. The molecule has 0 saturated carbocycles. The molecule has 3 rings (SSSR count). The molecular weight excluding hydrogens is 391 g/mol. The molecule has 0 bridgehead atoms. The third-order valence-electron chi connectivity index (χ3n) is 3.55. The first-order valence-electron chi connectivity index (χ1n) is 6.66. The molecule has 2 heterocycles. The molecular formula is C15H15BrCl2N2O2. The van der Waals surface area contributed by atoms with Crippen LogP contribution in [0.2, 0.25) is 5.02 Å². The first-order valence-corrected chi connectivity index (χ1v) is 7.83. The second kappa shape index (κ2) is 7.51. The highest BCUT2D eigenvalue weighted by Gasteiger charge is 2.29. The zero-order valence-corrected chi connectivity index (χ0v) is 14.7. The molecule has 1 fully saturated rings. The Hall–Kier alpha value is -1.01. The van der Waals surface area contributed by atoms with Gasteiger partial charge in [0.1, 0.15) is 6.26 Å². The van der Waals surface area contributed by atoms with E-state index >= 15 is 0 Å². The van der Waals surface area contributed by atoms with Crippen LogP contribution in [0.15, 0.2) is 45.7 Å². The first-order chi connectivity index (χ1) is 10.1. The van der Waals surface area contributed by atoms with Gasteiger partial charge in [-0.2, -0.15) is 0 Å². The normalized spacial score (nSPS) is 17.9. The molecule has 1 aliphatic heterocycles. The van der Waals surface area contributed by atoms with Gasteiger partial charge in [-0.05, 0) is 33.6 Å². The zero-order chi connectivity index (χ0) is 14.8. The fourth-order valence-corrected chi connectivity index (χ4v) is 3.09. The Bertz CT molecular complexity index is 662. The molecule has 0 aliphatic carbocycles. The van der Waals surface area contributed by atoms with Crippen molar-refractivity contribution in [2.24, 2.45) is 0 Å². The Kier molecular flexibility index (Phi) is 5.92. The lowest BCUT2D eigenvalue weighted by Crippen LogP contribution is -2.48. The number of benzene rings is 1. The number of hydrogen-bond acceptors (Lipinski definition) is 3. The average Bonchev–Trinajstić information content (AvgIpc) is 2.93. The summed E-state index contributed by atoms with van der Waals surface area (Å²) in [5, 5.41) is 4.00. The van der Waals surface area contributed by atoms with Crippen LogP contribution in [0.25, 0.3) is 0 Å². The molecule has 1 atom stereocenters. The van der Waals surface area contributed by atoms with Crippen LogP contribution in [-0.4, -0.2) is 30.4 Å². The van der Waals surface area contributed by atoms with E-state index in [0.717, 1.165) is 12.1 Å². The van der Waals surface area contributed by atoms with Gasteiger partial charge in [-0.25, -0.2) is 0 Å². The Morgan fingerprint density at radius 2 is 2.23 bits per heavy atom. The lowest BCUT2D eigenvalue weighted by Gasteiger charge is -2.36. The van der Waals surface area contributed by atoms with Crippen LogP contribution in [0, 0.1) is 0 Å². The van der Waals surface area contributed by atoms with Gasteiger partial charge in [0.2, 0.25) is 0 Å². The molecule has 1 unspecified atom stereocenters. The zero-order valence-electron chi connectivity index (χ0n) is 11.6. The molecule has 4 nitrogen and oxygen atoms in total. The number of halogens is 3. The van der Waals surface area contributed by atoms with Crippen LogP contribution >= 0.6 is 39.9 Å². The number of carbonyl (C=O) groups is 1. The topological polar surface area (TPSA) is 45.5 Å². The number of carbonyl (C=O) groups excluding carboxylic acids is 1. The highest BCUT2D eigenvalue weighted by Crippen LogP contribution is 2.27. The number of rotatable bonds is 2. The van der Waals surface area contributed by atoms with Crippen LogP contribution in [-0.2, 0) is 0 Å². The summed E-state index contributed by atoms with van der Waals surface area (Å²) in [4.78, 5) is 14.5. The molecule has 7 heteroatoms. The van der Waals surface area contributed by atoms with Crippen LogP contribution in [0.3, 0.4) is 0 Å². The third-order valence-corrected chi connectivity index (χ3v) is 4.20. The molecule has 1 N–H and O–H groups in total. The third kappa shape index (κ3) is 3.66. The van der Waals surface area contributed by atoms with E-state index in [1.807, 2.05) is 29.2 Å². The van der Waals surface area contributed by atoms with Gasteiger partial charge < -0.3 is 14.6 Å². The van der Waals surface area contributed by atoms with Crippen molar-refractivity contribution in [1.82, 2.24) is 10.2 Å². The molecule has 1 amide bonds. The van der Waals surface area contributed by atoms with Crippen molar-refractivity contribution in [2.45, 2.75) is 6.04 Å². The maximum absolute atomic E-state index is 12.7. The van der Waals surface area contributed by atoms with E-state index < -0.39 is 0 Å². The molecule has 1 aromatic heterocycles. The number of hydrogen-bond donors (Lipinski definition) is 1. The smallest absolute Gasteiger partial charge is 0.257 e. The van der Waals surface area contributed by atoms with Gasteiger partial charge in [0.25, 0.3) is 5.91 Å². The van der Waals surface area contributed by atoms with Crippen LogP contribution < -0.4 is 5.32 Å². The van der Waals surface area contributed by atoms with Crippen molar-refractivity contribution in [3.05, 3.63) is 57.4 Å². The van der Waals surface area contributed by atoms with Crippen molar-refractivity contribution >= 4 is 45.8 Å². The maximum atomic E-state index is 12.7. The summed E-state index contributed by atoms with van der Waals surface area (Å²) in [5.74, 6) is -0.0316. The molecule has 1 aromatic carbocycles. The highest BCUT2D eigenvalue weighted by atomic mass is 79.9. The standard InChI is InChI=1S/C15H14BrClN2O2.ClH/c16-14-7-11(9-21-14)15(20)19-5-4-18-8-13(19)10-2-1-3-12(17)6-10;/h1-3,6-7,9,13,18H,4-5,8H2;1H. The van der Waals surface area contributed by atoms with E-state index in [-0.39, 0.29) is 24.4 Å². The molecule has 0 radical (unpaired) electrons. The molecule has 1 saturated heterocycles. The van der Waals surface area contributed by atoms with Gasteiger partial charge in [-0.1, -0.05) is 23.7 Å². The lowest BCUT2D eigenvalue weighted by molar-refractivity contribution is 0.0633. The monoisotopic (exact) mass is 404 g/mol. The van der Waals surface area contributed by atoms with Gasteiger partial charge in [-0.3, -0.25) is 4.79 Å². The Balaban J connectivity index is 0.00000176. The molecule has 0 spiro atoms. The van der Waals surface area contributed by atoms with Crippen LogP contribution in [0.5, 0.6) is 0 Å². The number of furan rings is 1. The lowest BCUT2D eigenvalue weighted by atomic mass is 10.0. The Labute approximate surface area is 148 Å². The van der Waals surface area contributed by atoms with Crippen molar-refractivity contribution in [3.8, 4) is 0 Å². The van der Waals surface area contributed by atoms with Crippen LogP contribution in [0.4, 0.5) is 0 Å². The summed E-state index contributed by atoms with van der Waals surface area (Å²) < 4.78 is 5.72. The summed E-state index contributed by atoms with van der Waals surface area (Å²) in [7, 11) is 0. The Morgan fingerprint density at radius 3 is 2.91 bits per heavy atom. The number of nitrogens with zero attached hydrogens (tertiary/aromatic N) is 1. The summed E-state index contributed by atoms with van der Waals surface area (Å²) in [6.45, 7) is 2.14. The number of amides is 1. The molecule has 118 valence electrons. The molecule has 2 aromatic rings. The average molecular weight is 406 g/mol. The van der Waals surface area contributed by atoms with Crippen molar-refractivity contribution in [3.63, 3.8) is 0 Å². The largest absolute Gasteiger partial charge is 0.457 e. The van der Waals surface area contributed by atoms with Gasteiger partial charge in [0, 0.05) is 30.7 Å². The fourth-order valence-electron chi connectivity index (χ4n) is 2.55. The second-order valence-corrected chi connectivity index (χ2v) is 6.13. The van der Waals surface area contributed by atoms with Crippen LogP contribution in [0.1, 0.15) is 22.0 Å². The minimum atomic E-state index is -0.0316. The molecule has 1 aliphatic rings. The predicted octanol–water partition coefficient (Wildman–Crippen LogP) is 3.90. The van der Waals surface area contributed by atoms with Crippen molar-refractivity contribution in [2.75, 3.05) is 19.6 Å². The first kappa shape index (κ1) is 17.3. The fraction of sp³-hybridized carbons (Fsp3) is 0.267. The number of nitrogens with one attached hydrogen (secondary N) is 1. The summed E-state index contributed by atoms with van der Waals surface area (Å²) in [5.41, 5.74) is 1.58. The van der Waals surface area contributed by atoms with Gasteiger partial charge in [0.15, 0.2) is 4.67 Å². The summed E-state index contributed by atoms with van der Waals surface area (Å²) in [6, 6.07) is 9.31. The van der Waals surface area contributed by atoms with E-state index in [4.69, 9.17) is 16.0 Å². The second-order valence-electron chi connectivity index (χ2n) is 4.91. The van der Waals surface area contributed by atoms with Crippen molar-refractivity contribution < 1.29 is 9.21 Å². The minimum Gasteiger partial charge on any atom is -0.457 e. The SMILES string of the molecule is Cl.O=C(c1coc(Br)c1)N1CCNCC1c1cccc(Cl)c1. The highest BCUT2D eigenvalue weighted by molar-refractivity contribution is 9.10. The quantitative estimate of drug-likeness (QED) is 0.823. The van der Waals surface area contributed by atoms with E-state index in [1.54, 1.807) is 6.07 Å². The van der Waals surface area contributed by atoms with Crippen molar-refractivity contribution in [1.29, 1.82) is 0 Å². The van der Waals surface area contributed by atoms with E-state index in [2.05, 4.69) is 21.2 Å².